The van der Waals surface area contributed by atoms with Crippen molar-refractivity contribution in [1.29, 1.82) is 0 Å². The van der Waals surface area contributed by atoms with Crippen molar-refractivity contribution in [2.45, 2.75) is 6.54 Å². The Labute approximate surface area is 124 Å². The number of anilines is 1. The van der Waals surface area contributed by atoms with Crippen LogP contribution < -0.4 is 11.1 Å². The summed E-state index contributed by atoms with van der Waals surface area (Å²) in [6.07, 6.45) is 0. The minimum absolute atomic E-state index is 0.0488. The van der Waals surface area contributed by atoms with Gasteiger partial charge in [-0.3, -0.25) is 0 Å². The van der Waals surface area contributed by atoms with Crippen LogP contribution in [-0.2, 0) is 6.54 Å². The molecule has 0 heterocycles. The molecule has 2 aromatic carbocycles. The van der Waals surface area contributed by atoms with E-state index >= 15 is 0 Å². The molecule has 0 bridgehead atoms. The van der Waals surface area contributed by atoms with Crippen LogP contribution in [0.2, 0.25) is 0 Å². The highest BCUT2D eigenvalue weighted by molar-refractivity contribution is 9.10. The number of thiocarbonyl (C=S) groups is 1. The average Bonchev–Trinajstić information content (AvgIpc) is 2.37. The zero-order valence-corrected chi connectivity index (χ0v) is 12.4. The van der Waals surface area contributed by atoms with Crippen molar-refractivity contribution < 1.29 is 4.39 Å². The van der Waals surface area contributed by atoms with Gasteiger partial charge in [-0.1, -0.05) is 52.4 Å². The number of benzene rings is 2. The SMILES string of the molecule is NC(=S)c1c(F)cccc1NCc1ccccc1Br. The van der Waals surface area contributed by atoms with E-state index in [9.17, 15) is 4.39 Å². The molecule has 0 aliphatic rings. The van der Waals surface area contributed by atoms with Crippen molar-refractivity contribution in [3.8, 4) is 0 Å². The lowest BCUT2D eigenvalue weighted by molar-refractivity contribution is 0.626. The van der Waals surface area contributed by atoms with Crippen molar-refractivity contribution in [2.75, 3.05) is 5.32 Å². The van der Waals surface area contributed by atoms with Crippen LogP contribution in [-0.4, -0.2) is 4.99 Å². The maximum Gasteiger partial charge on any atom is 0.135 e. The molecule has 0 radical (unpaired) electrons. The summed E-state index contributed by atoms with van der Waals surface area (Å²) in [5.74, 6) is -0.412. The van der Waals surface area contributed by atoms with E-state index in [2.05, 4.69) is 21.2 Å². The molecule has 2 aromatic rings. The molecule has 0 aromatic heterocycles. The fourth-order valence-corrected chi connectivity index (χ4v) is 2.39. The van der Waals surface area contributed by atoms with E-state index in [1.807, 2.05) is 24.3 Å². The van der Waals surface area contributed by atoms with Gasteiger partial charge in [-0.2, -0.15) is 0 Å². The summed E-state index contributed by atoms with van der Waals surface area (Å²) in [7, 11) is 0. The van der Waals surface area contributed by atoms with Crippen molar-refractivity contribution in [2.24, 2.45) is 5.73 Å². The first kappa shape index (κ1) is 14.0. The summed E-state index contributed by atoms with van der Waals surface area (Å²) in [4.78, 5) is 0.0488. The quantitative estimate of drug-likeness (QED) is 0.832. The summed E-state index contributed by atoms with van der Waals surface area (Å²) < 4.78 is 14.7. The molecule has 0 spiro atoms. The molecule has 0 amide bonds. The van der Waals surface area contributed by atoms with E-state index in [4.69, 9.17) is 18.0 Å². The Morgan fingerprint density at radius 3 is 2.63 bits per heavy atom. The predicted octanol–water partition coefficient (Wildman–Crippen LogP) is 3.83. The van der Waals surface area contributed by atoms with Crippen LogP contribution in [0.4, 0.5) is 10.1 Å². The number of hydrogen-bond acceptors (Lipinski definition) is 2. The zero-order valence-electron chi connectivity index (χ0n) is 9.99. The van der Waals surface area contributed by atoms with E-state index in [0.717, 1.165) is 10.0 Å². The van der Waals surface area contributed by atoms with Gasteiger partial charge in [0.2, 0.25) is 0 Å². The molecule has 0 fully saturated rings. The molecule has 0 aliphatic heterocycles. The fourth-order valence-electron chi connectivity index (χ4n) is 1.75. The third kappa shape index (κ3) is 3.30. The Morgan fingerprint density at radius 1 is 1.21 bits per heavy atom. The standard InChI is InChI=1S/C14H12BrFN2S/c15-10-5-2-1-4-9(10)8-18-12-7-3-6-11(16)13(12)14(17)19/h1-7,18H,8H2,(H2,17,19). The minimum atomic E-state index is -0.412. The zero-order chi connectivity index (χ0) is 13.8. The maximum absolute atomic E-state index is 13.7. The first-order valence-electron chi connectivity index (χ1n) is 5.65. The Hall–Kier alpha value is -1.46. The van der Waals surface area contributed by atoms with Gasteiger partial charge in [-0.05, 0) is 23.8 Å². The maximum atomic E-state index is 13.7. The van der Waals surface area contributed by atoms with E-state index < -0.39 is 5.82 Å². The molecule has 0 saturated heterocycles. The molecule has 19 heavy (non-hydrogen) atoms. The molecule has 0 unspecified atom stereocenters. The Morgan fingerprint density at radius 2 is 1.95 bits per heavy atom. The molecular weight excluding hydrogens is 327 g/mol. The summed E-state index contributed by atoms with van der Waals surface area (Å²) in [6, 6.07) is 12.6. The molecule has 5 heteroatoms. The van der Waals surface area contributed by atoms with E-state index in [0.29, 0.717) is 12.2 Å². The lowest BCUT2D eigenvalue weighted by Gasteiger charge is -2.12. The van der Waals surface area contributed by atoms with Crippen molar-refractivity contribution in [3.63, 3.8) is 0 Å². The van der Waals surface area contributed by atoms with Gasteiger partial charge >= 0.3 is 0 Å². The van der Waals surface area contributed by atoms with Gasteiger partial charge in [0.1, 0.15) is 10.8 Å². The van der Waals surface area contributed by atoms with Gasteiger partial charge in [-0.15, -0.1) is 0 Å². The first-order chi connectivity index (χ1) is 9.09. The van der Waals surface area contributed by atoms with Crippen LogP contribution in [0.15, 0.2) is 46.9 Å². The highest BCUT2D eigenvalue weighted by atomic mass is 79.9. The second-order valence-electron chi connectivity index (χ2n) is 3.97. The van der Waals surface area contributed by atoms with Gasteiger partial charge in [0.15, 0.2) is 0 Å². The molecular formula is C14H12BrFN2S. The normalized spacial score (nSPS) is 10.2. The number of nitrogens with two attached hydrogens (primary N) is 1. The number of rotatable bonds is 4. The highest BCUT2D eigenvalue weighted by Crippen LogP contribution is 2.22. The molecule has 3 N–H and O–H groups in total. The van der Waals surface area contributed by atoms with Crippen molar-refractivity contribution in [1.82, 2.24) is 0 Å². The summed E-state index contributed by atoms with van der Waals surface area (Å²) >= 11 is 8.35. The smallest absolute Gasteiger partial charge is 0.135 e. The van der Waals surface area contributed by atoms with E-state index in [1.165, 1.54) is 6.07 Å². The van der Waals surface area contributed by atoms with Crippen LogP contribution in [0.3, 0.4) is 0 Å². The Bertz CT molecular complexity index is 616. The van der Waals surface area contributed by atoms with Gasteiger partial charge in [0.25, 0.3) is 0 Å². The molecule has 0 saturated carbocycles. The monoisotopic (exact) mass is 338 g/mol. The second-order valence-corrected chi connectivity index (χ2v) is 5.27. The molecule has 2 nitrogen and oxygen atoms in total. The summed E-state index contributed by atoms with van der Waals surface area (Å²) in [5.41, 5.74) is 7.48. The van der Waals surface area contributed by atoms with E-state index in [-0.39, 0.29) is 10.6 Å². The molecule has 0 aliphatic carbocycles. The Kier molecular flexibility index (Phi) is 4.50. The summed E-state index contributed by atoms with van der Waals surface area (Å²) in [6.45, 7) is 0.556. The van der Waals surface area contributed by atoms with Crippen LogP contribution in [0.25, 0.3) is 0 Å². The fraction of sp³-hybridized carbons (Fsp3) is 0.0714. The van der Waals surface area contributed by atoms with Crippen molar-refractivity contribution in [3.05, 3.63) is 63.9 Å². The van der Waals surface area contributed by atoms with Crippen LogP contribution in [0.5, 0.6) is 0 Å². The topological polar surface area (TPSA) is 38.0 Å². The van der Waals surface area contributed by atoms with Crippen LogP contribution >= 0.6 is 28.1 Å². The van der Waals surface area contributed by atoms with Gasteiger partial charge in [0, 0.05) is 16.7 Å². The molecule has 2 rings (SSSR count). The highest BCUT2D eigenvalue weighted by Gasteiger charge is 2.10. The number of nitrogens with one attached hydrogen (secondary N) is 1. The average molecular weight is 339 g/mol. The largest absolute Gasteiger partial charge is 0.389 e. The number of hydrogen-bond donors (Lipinski definition) is 2. The first-order valence-corrected chi connectivity index (χ1v) is 6.85. The lowest BCUT2D eigenvalue weighted by Crippen LogP contribution is -2.15. The molecule has 98 valence electrons. The van der Waals surface area contributed by atoms with Crippen LogP contribution in [0.1, 0.15) is 11.1 Å². The van der Waals surface area contributed by atoms with E-state index in [1.54, 1.807) is 12.1 Å². The summed E-state index contributed by atoms with van der Waals surface area (Å²) in [5, 5.41) is 3.16. The number of halogens is 2. The minimum Gasteiger partial charge on any atom is -0.389 e. The second kappa shape index (κ2) is 6.12. The van der Waals surface area contributed by atoms with Crippen LogP contribution in [0, 0.1) is 5.82 Å². The van der Waals surface area contributed by atoms with Gasteiger partial charge in [-0.25, -0.2) is 4.39 Å². The molecule has 0 atom stereocenters. The van der Waals surface area contributed by atoms with Gasteiger partial charge < -0.3 is 11.1 Å². The third-order valence-corrected chi connectivity index (χ3v) is 3.66. The van der Waals surface area contributed by atoms with Crippen molar-refractivity contribution >= 4 is 38.8 Å². The lowest BCUT2D eigenvalue weighted by atomic mass is 10.1. The third-order valence-electron chi connectivity index (χ3n) is 2.69. The predicted molar refractivity (Wildman–Crippen MR) is 83.8 cm³/mol. The van der Waals surface area contributed by atoms with Gasteiger partial charge in [0.05, 0.1) is 5.56 Å². The Balaban J connectivity index is 2.23.